The summed E-state index contributed by atoms with van der Waals surface area (Å²) in [7, 11) is 0. The predicted molar refractivity (Wildman–Crippen MR) is 135 cm³/mol. The van der Waals surface area contributed by atoms with Gasteiger partial charge in [0.05, 0.1) is 13.2 Å². The maximum Gasteiger partial charge on any atom is 0.573 e. The van der Waals surface area contributed by atoms with E-state index in [-0.39, 0.29) is 5.75 Å². The molecule has 0 aliphatic carbocycles. The van der Waals surface area contributed by atoms with E-state index in [4.69, 9.17) is 19.6 Å². The summed E-state index contributed by atoms with van der Waals surface area (Å²) in [5, 5.41) is 3.11. The zero-order valence-corrected chi connectivity index (χ0v) is 19.8. The number of alkyl halides is 3. The van der Waals surface area contributed by atoms with Crippen LogP contribution in [0.3, 0.4) is 0 Å². The van der Waals surface area contributed by atoms with Crippen LogP contribution < -0.4 is 20.5 Å². The van der Waals surface area contributed by atoms with Crippen molar-refractivity contribution in [3.05, 3.63) is 83.7 Å². The fraction of sp³-hybridized carbons (Fsp3) is 0.222. The molecule has 10 heteroatoms. The van der Waals surface area contributed by atoms with Gasteiger partial charge in [-0.05, 0) is 53.6 Å². The first-order valence-corrected chi connectivity index (χ1v) is 11.5. The molecular formula is C27H26F3N3O4. The highest BCUT2D eigenvalue weighted by atomic mass is 19.4. The molecule has 0 aliphatic heterocycles. The summed E-state index contributed by atoms with van der Waals surface area (Å²) in [4.78, 5) is 4.44. The van der Waals surface area contributed by atoms with E-state index in [2.05, 4.69) is 15.0 Å². The van der Waals surface area contributed by atoms with Crippen LogP contribution in [0.4, 0.5) is 18.9 Å². The lowest BCUT2D eigenvalue weighted by Crippen LogP contribution is -2.21. The van der Waals surface area contributed by atoms with Crippen LogP contribution >= 0.6 is 0 Å². The number of nitrogens with two attached hydrogens (primary N) is 1. The third-order valence-electron chi connectivity index (χ3n) is 5.11. The van der Waals surface area contributed by atoms with Gasteiger partial charge in [-0.25, -0.2) is 4.98 Å². The minimum atomic E-state index is -4.71. The van der Waals surface area contributed by atoms with E-state index in [0.29, 0.717) is 61.4 Å². The van der Waals surface area contributed by atoms with Gasteiger partial charge in [-0.3, -0.25) is 0 Å². The van der Waals surface area contributed by atoms with Crippen molar-refractivity contribution in [1.29, 1.82) is 0 Å². The predicted octanol–water partition coefficient (Wildman–Crippen LogP) is 5.66. The Morgan fingerprint density at radius 1 is 0.919 bits per heavy atom. The molecule has 0 unspecified atom stereocenters. The number of rotatable bonds is 12. The Balaban J connectivity index is 1.14. The Labute approximate surface area is 211 Å². The summed E-state index contributed by atoms with van der Waals surface area (Å²) < 4.78 is 57.9. The van der Waals surface area contributed by atoms with Crippen molar-refractivity contribution in [3.8, 4) is 11.5 Å². The molecule has 3 N–H and O–H groups in total. The van der Waals surface area contributed by atoms with Gasteiger partial charge in [0, 0.05) is 30.9 Å². The van der Waals surface area contributed by atoms with Gasteiger partial charge in [-0.15, -0.1) is 13.2 Å². The molecule has 0 amide bonds. The number of hydrogen-bond acceptors (Lipinski definition) is 7. The van der Waals surface area contributed by atoms with Crippen molar-refractivity contribution in [2.75, 3.05) is 32.1 Å². The summed E-state index contributed by atoms with van der Waals surface area (Å²) in [6, 6.07) is 18.7. The number of anilines is 1. The fourth-order valence-corrected chi connectivity index (χ4v) is 3.41. The number of ether oxygens (including phenoxy) is 3. The highest BCUT2D eigenvalue weighted by Crippen LogP contribution is 2.24. The van der Waals surface area contributed by atoms with Crippen LogP contribution in [0.5, 0.6) is 11.5 Å². The number of fused-ring (bicyclic) bond motifs is 1. The monoisotopic (exact) mass is 513 g/mol. The molecule has 0 fully saturated rings. The van der Waals surface area contributed by atoms with Gasteiger partial charge in [0.25, 0.3) is 0 Å². The van der Waals surface area contributed by atoms with E-state index >= 15 is 0 Å². The highest BCUT2D eigenvalue weighted by Gasteiger charge is 2.31. The van der Waals surface area contributed by atoms with Gasteiger partial charge in [0.15, 0.2) is 5.58 Å². The lowest BCUT2D eigenvalue weighted by atomic mass is 10.2. The van der Waals surface area contributed by atoms with Crippen molar-refractivity contribution in [3.63, 3.8) is 0 Å². The Bertz CT molecular complexity index is 1320. The average molecular weight is 514 g/mol. The summed E-state index contributed by atoms with van der Waals surface area (Å²) in [6.45, 7) is 2.07. The highest BCUT2D eigenvalue weighted by molar-refractivity contribution is 5.77. The minimum absolute atomic E-state index is 0.241. The van der Waals surface area contributed by atoms with Crippen LogP contribution in [-0.4, -0.2) is 37.7 Å². The number of hydrogen-bond donors (Lipinski definition) is 2. The molecule has 3 aromatic carbocycles. The van der Waals surface area contributed by atoms with E-state index in [0.717, 1.165) is 11.1 Å². The van der Waals surface area contributed by atoms with Gasteiger partial charge in [0.2, 0.25) is 5.89 Å². The topological polar surface area (TPSA) is 91.8 Å². The second-order valence-corrected chi connectivity index (χ2v) is 8.01. The molecule has 0 bridgehead atoms. The molecule has 0 atom stereocenters. The standard InChI is InChI=1S/C27H26F3N3O4/c28-27(29,30)37-23-3-1-2-20(16-23)18-32-12-13-34-14-15-35-22-9-10-24-25(17-22)36-26(33-24)11-6-19-4-7-21(31)8-5-19/h1-11,16-17,32H,12-15,18,31H2/b11-6+. The number of halogens is 3. The molecule has 0 saturated carbocycles. The minimum Gasteiger partial charge on any atom is -0.491 e. The summed E-state index contributed by atoms with van der Waals surface area (Å²) >= 11 is 0. The SMILES string of the molecule is Nc1ccc(/C=C/c2nc3ccc(OCCOCCNCc4cccc(OC(F)(F)F)c4)cc3o2)cc1. The van der Waals surface area contributed by atoms with Crippen molar-refractivity contribution in [1.82, 2.24) is 10.3 Å². The van der Waals surface area contributed by atoms with Gasteiger partial charge in [-0.1, -0.05) is 24.3 Å². The van der Waals surface area contributed by atoms with Gasteiger partial charge in [0.1, 0.15) is 23.6 Å². The molecule has 4 aromatic rings. The maximum absolute atomic E-state index is 12.3. The number of oxazole rings is 1. The first-order chi connectivity index (χ1) is 17.8. The molecule has 4 rings (SSSR count). The van der Waals surface area contributed by atoms with Crippen LogP contribution in [0.2, 0.25) is 0 Å². The molecule has 0 radical (unpaired) electrons. The molecule has 194 valence electrons. The maximum atomic E-state index is 12.3. The third kappa shape index (κ3) is 8.55. The van der Waals surface area contributed by atoms with Crippen LogP contribution in [0.15, 0.2) is 71.1 Å². The quantitative estimate of drug-likeness (QED) is 0.186. The zero-order chi connectivity index (χ0) is 26.1. The molecule has 0 saturated heterocycles. The van der Waals surface area contributed by atoms with E-state index in [9.17, 15) is 13.2 Å². The Kier molecular flexibility index (Phi) is 8.65. The van der Waals surface area contributed by atoms with Crippen molar-refractivity contribution in [2.24, 2.45) is 0 Å². The van der Waals surface area contributed by atoms with Crippen molar-refractivity contribution >= 4 is 28.9 Å². The number of benzene rings is 3. The average Bonchev–Trinajstić information content (AvgIpc) is 3.27. The number of nitrogens with zero attached hydrogens (tertiary/aromatic N) is 1. The van der Waals surface area contributed by atoms with Gasteiger partial charge < -0.3 is 29.7 Å². The van der Waals surface area contributed by atoms with Gasteiger partial charge in [-0.2, -0.15) is 0 Å². The van der Waals surface area contributed by atoms with Crippen LogP contribution in [0, 0.1) is 0 Å². The molecule has 0 aliphatic rings. The second kappa shape index (κ2) is 12.3. The van der Waals surface area contributed by atoms with E-state index in [1.54, 1.807) is 18.2 Å². The Hall–Kier alpha value is -4.02. The first-order valence-electron chi connectivity index (χ1n) is 11.5. The van der Waals surface area contributed by atoms with E-state index < -0.39 is 6.36 Å². The molecular weight excluding hydrogens is 487 g/mol. The summed E-state index contributed by atoms with van der Waals surface area (Å²) in [6.07, 6.45) is -1.02. The largest absolute Gasteiger partial charge is 0.573 e. The zero-order valence-electron chi connectivity index (χ0n) is 19.8. The van der Waals surface area contributed by atoms with Crippen LogP contribution in [-0.2, 0) is 11.3 Å². The van der Waals surface area contributed by atoms with E-state index in [1.807, 2.05) is 42.5 Å². The van der Waals surface area contributed by atoms with Crippen molar-refractivity contribution in [2.45, 2.75) is 12.9 Å². The Morgan fingerprint density at radius 2 is 1.76 bits per heavy atom. The lowest BCUT2D eigenvalue weighted by molar-refractivity contribution is -0.274. The van der Waals surface area contributed by atoms with E-state index in [1.165, 1.54) is 18.2 Å². The second-order valence-electron chi connectivity index (χ2n) is 8.01. The number of nitrogens with one attached hydrogen (secondary N) is 1. The summed E-state index contributed by atoms with van der Waals surface area (Å²) in [5.41, 5.74) is 9.41. The molecule has 1 heterocycles. The fourth-order valence-electron chi connectivity index (χ4n) is 3.41. The van der Waals surface area contributed by atoms with Crippen molar-refractivity contribution < 1.29 is 31.8 Å². The third-order valence-corrected chi connectivity index (χ3v) is 5.11. The van der Waals surface area contributed by atoms with Gasteiger partial charge >= 0.3 is 6.36 Å². The first kappa shape index (κ1) is 26.1. The molecule has 0 spiro atoms. The molecule has 7 nitrogen and oxygen atoms in total. The molecule has 1 aromatic heterocycles. The smallest absolute Gasteiger partial charge is 0.491 e. The summed E-state index contributed by atoms with van der Waals surface area (Å²) in [5.74, 6) is 0.884. The molecule has 37 heavy (non-hydrogen) atoms. The normalized spacial score (nSPS) is 11.9. The lowest BCUT2D eigenvalue weighted by Gasteiger charge is -2.11. The Morgan fingerprint density at radius 3 is 2.57 bits per heavy atom. The van der Waals surface area contributed by atoms with Crippen LogP contribution in [0.1, 0.15) is 17.0 Å². The number of nitrogen functional groups attached to an aromatic ring is 1. The number of aromatic nitrogens is 1. The van der Waals surface area contributed by atoms with Crippen LogP contribution in [0.25, 0.3) is 23.3 Å².